The summed E-state index contributed by atoms with van der Waals surface area (Å²) in [7, 11) is -3.91. The van der Waals surface area contributed by atoms with E-state index in [1.807, 2.05) is 6.07 Å². The van der Waals surface area contributed by atoms with Gasteiger partial charge in [-0.3, -0.25) is 4.79 Å². The number of ether oxygens (including phenoxy) is 1. The molecule has 1 N–H and O–H groups in total. The molecule has 0 aromatic heterocycles. The Balaban J connectivity index is 2.23. The number of para-hydroxylation sites is 1. The van der Waals surface area contributed by atoms with Crippen LogP contribution in [0.5, 0.6) is 5.75 Å². The molecule has 0 radical (unpaired) electrons. The van der Waals surface area contributed by atoms with Gasteiger partial charge in [-0.25, -0.2) is 21.9 Å². The molecule has 0 bridgehead atoms. The van der Waals surface area contributed by atoms with E-state index >= 15 is 0 Å². The van der Waals surface area contributed by atoms with Gasteiger partial charge in [0.05, 0.1) is 17.4 Å². The first-order chi connectivity index (χ1) is 11.7. The van der Waals surface area contributed by atoms with Crippen molar-refractivity contribution >= 4 is 15.9 Å². The number of rotatable bonds is 5. The number of nitrogens with one attached hydrogen (secondary N) is 1. The van der Waals surface area contributed by atoms with Crippen molar-refractivity contribution in [1.29, 1.82) is 5.26 Å². The molecule has 1 amide bonds. The first-order valence-electron chi connectivity index (χ1n) is 6.83. The van der Waals surface area contributed by atoms with Crippen LogP contribution in [0.2, 0.25) is 0 Å². The molecule has 25 heavy (non-hydrogen) atoms. The van der Waals surface area contributed by atoms with Crippen molar-refractivity contribution in [2.24, 2.45) is 0 Å². The Hall–Kier alpha value is -2.99. The number of amides is 1. The topological polar surface area (TPSA) is 96.3 Å². The summed E-state index contributed by atoms with van der Waals surface area (Å²) >= 11 is 0. The van der Waals surface area contributed by atoms with Crippen LogP contribution in [0, 0.1) is 23.0 Å². The zero-order valence-corrected chi connectivity index (χ0v) is 13.7. The van der Waals surface area contributed by atoms with Crippen molar-refractivity contribution < 1.29 is 26.7 Å². The second kappa shape index (κ2) is 7.27. The summed E-state index contributed by atoms with van der Waals surface area (Å²) in [6, 6.07) is 9.47. The third kappa shape index (κ3) is 4.74. The molecule has 2 aromatic carbocycles. The van der Waals surface area contributed by atoms with Gasteiger partial charge in [-0.05, 0) is 24.3 Å². The molecule has 0 atom stereocenters. The van der Waals surface area contributed by atoms with Crippen molar-refractivity contribution in [2.45, 2.75) is 6.61 Å². The van der Waals surface area contributed by atoms with Gasteiger partial charge in [-0.15, -0.1) is 0 Å². The zero-order chi connectivity index (χ0) is 18.6. The van der Waals surface area contributed by atoms with Gasteiger partial charge in [0.1, 0.15) is 30.1 Å². The van der Waals surface area contributed by atoms with Crippen LogP contribution in [-0.2, 0) is 16.6 Å². The van der Waals surface area contributed by atoms with E-state index in [9.17, 15) is 22.0 Å². The number of halogens is 2. The van der Waals surface area contributed by atoms with E-state index in [2.05, 4.69) is 0 Å². The van der Waals surface area contributed by atoms with Crippen LogP contribution >= 0.6 is 0 Å². The number of nitrogens with zero attached hydrogens (tertiary/aromatic N) is 1. The molecule has 0 heterocycles. The highest BCUT2D eigenvalue weighted by Crippen LogP contribution is 2.21. The van der Waals surface area contributed by atoms with Gasteiger partial charge in [-0.1, -0.05) is 12.1 Å². The average Bonchev–Trinajstić information content (AvgIpc) is 2.53. The molecule has 2 rings (SSSR count). The van der Waals surface area contributed by atoms with Crippen LogP contribution in [0.25, 0.3) is 0 Å². The molecule has 2 aromatic rings. The van der Waals surface area contributed by atoms with Crippen molar-refractivity contribution in [3.05, 3.63) is 64.7 Å². The van der Waals surface area contributed by atoms with Gasteiger partial charge < -0.3 is 4.74 Å². The van der Waals surface area contributed by atoms with E-state index in [-0.39, 0.29) is 23.5 Å². The summed E-state index contributed by atoms with van der Waals surface area (Å²) in [5.41, 5.74) is -0.710. The van der Waals surface area contributed by atoms with Crippen LogP contribution in [-0.4, -0.2) is 20.6 Å². The quantitative estimate of drug-likeness (QED) is 0.874. The lowest BCUT2D eigenvalue weighted by Crippen LogP contribution is -2.30. The molecule has 0 aliphatic rings. The van der Waals surface area contributed by atoms with E-state index in [1.165, 1.54) is 12.1 Å². The SMILES string of the molecule is CS(=O)(=O)NC(=O)c1cc(F)c(COc2ccccc2C#N)cc1F. The Morgan fingerprint density at radius 3 is 2.56 bits per heavy atom. The van der Waals surface area contributed by atoms with E-state index in [0.717, 1.165) is 6.07 Å². The maximum absolute atomic E-state index is 14.1. The first-order valence-corrected chi connectivity index (χ1v) is 8.72. The predicted octanol–water partition coefficient (Wildman–Crippen LogP) is 2.10. The minimum absolute atomic E-state index is 0.193. The predicted molar refractivity (Wildman–Crippen MR) is 84.2 cm³/mol. The van der Waals surface area contributed by atoms with Gasteiger partial charge >= 0.3 is 0 Å². The molecule has 0 unspecified atom stereocenters. The lowest BCUT2D eigenvalue weighted by Gasteiger charge is -2.10. The van der Waals surface area contributed by atoms with E-state index in [0.29, 0.717) is 12.3 Å². The lowest BCUT2D eigenvalue weighted by atomic mass is 10.1. The zero-order valence-electron chi connectivity index (χ0n) is 12.9. The number of benzene rings is 2. The second-order valence-corrected chi connectivity index (χ2v) is 6.77. The van der Waals surface area contributed by atoms with E-state index in [4.69, 9.17) is 10.00 Å². The third-order valence-electron chi connectivity index (χ3n) is 3.05. The minimum atomic E-state index is -3.91. The summed E-state index contributed by atoms with van der Waals surface area (Å²) in [5.74, 6) is -3.13. The average molecular weight is 366 g/mol. The van der Waals surface area contributed by atoms with E-state index in [1.54, 1.807) is 16.9 Å². The van der Waals surface area contributed by atoms with E-state index < -0.39 is 33.1 Å². The summed E-state index contributed by atoms with van der Waals surface area (Å²) < 4.78 is 56.9. The monoisotopic (exact) mass is 366 g/mol. The molecule has 0 saturated carbocycles. The molecule has 0 spiro atoms. The molecule has 130 valence electrons. The number of carbonyl (C=O) groups excluding carboxylic acids is 1. The number of nitriles is 1. The maximum atomic E-state index is 14.1. The summed E-state index contributed by atoms with van der Waals surface area (Å²) in [6.07, 6.45) is 0.716. The van der Waals surface area contributed by atoms with Crippen molar-refractivity contribution in [3.8, 4) is 11.8 Å². The Morgan fingerprint density at radius 2 is 1.92 bits per heavy atom. The van der Waals surface area contributed by atoms with Crippen molar-refractivity contribution in [3.63, 3.8) is 0 Å². The molecule has 0 saturated heterocycles. The number of sulfonamides is 1. The normalized spacial score (nSPS) is 10.8. The number of hydrogen-bond donors (Lipinski definition) is 1. The Bertz CT molecular complexity index is 969. The first kappa shape index (κ1) is 18.4. The summed E-state index contributed by atoms with van der Waals surface area (Å²) in [5, 5.41) is 8.95. The van der Waals surface area contributed by atoms with Crippen molar-refractivity contribution in [2.75, 3.05) is 6.26 Å². The fourth-order valence-electron chi connectivity index (χ4n) is 1.94. The highest BCUT2D eigenvalue weighted by Gasteiger charge is 2.19. The molecule has 9 heteroatoms. The van der Waals surface area contributed by atoms with Gasteiger partial charge in [0, 0.05) is 5.56 Å². The largest absolute Gasteiger partial charge is 0.487 e. The summed E-state index contributed by atoms with van der Waals surface area (Å²) in [6.45, 7) is -0.380. The fourth-order valence-corrected chi connectivity index (χ4v) is 2.38. The number of hydrogen-bond acceptors (Lipinski definition) is 5. The third-order valence-corrected chi connectivity index (χ3v) is 3.61. The van der Waals surface area contributed by atoms with Gasteiger partial charge in [-0.2, -0.15) is 5.26 Å². The van der Waals surface area contributed by atoms with Gasteiger partial charge in [0.15, 0.2) is 0 Å². The second-order valence-electron chi connectivity index (χ2n) is 5.02. The Kier molecular flexibility index (Phi) is 5.34. The van der Waals surface area contributed by atoms with Gasteiger partial charge in [0.25, 0.3) is 5.91 Å². The van der Waals surface area contributed by atoms with Gasteiger partial charge in [0.2, 0.25) is 10.0 Å². The molecule has 0 aliphatic carbocycles. The summed E-state index contributed by atoms with van der Waals surface area (Å²) in [4.78, 5) is 11.6. The smallest absolute Gasteiger partial charge is 0.267 e. The van der Waals surface area contributed by atoms with Crippen LogP contribution in [0.4, 0.5) is 8.78 Å². The van der Waals surface area contributed by atoms with Crippen LogP contribution in [0.1, 0.15) is 21.5 Å². The Morgan fingerprint density at radius 1 is 1.24 bits per heavy atom. The fraction of sp³-hybridized carbons (Fsp3) is 0.125. The molecular weight excluding hydrogens is 354 g/mol. The highest BCUT2D eigenvalue weighted by molar-refractivity contribution is 7.89. The lowest BCUT2D eigenvalue weighted by molar-refractivity contribution is 0.0977. The standard InChI is InChI=1S/C16H12F2N2O4S/c1-25(22,23)20-16(21)12-7-13(17)11(6-14(12)18)9-24-15-5-3-2-4-10(15)8-19/h2-7H,9H2,1H3,(H,20,21). The minimum Gasteiger partial charge on any atom is -0.487 e. The molecule has 6 nitrogen and oxygen atoms in total. The maximum Gasteiger partial charge on any atom is 0.267 e. The van der Waals surface area contributed by atoms with Crippen LogP contribution in [0.15, 0.2) is 36.4 Å². The molecule has 0 fully saturated rings. The van der Waals surface area contributed by atoms with Crippen LogP contribution < -0.4 is 9.46 Å². The number of carbonyl (C=O) groups is 1. The highest BCUT2D eigenvalue weighted by atomic mass is 32.2. The molecule has 0 aliphatic heterocycles. The molecular formula is C16H12F2N2O4S. The Labute approximate surface area is 142 Å². The van der Waals surface area contributed by atoms with Crippen LogP contribution in [0.3, 0.4) is 0 Å². The van der Waals surface area contributed by atoms with Crippen molar-refractivity contribution in [1.82, 2.24) is 4.72 Å².